The Hall–Kier alpha value is -1.76. The Morgan fingerprint density at radius 2 is 1.78 bits per heavy atom. The van der Waals surface area contributed by atoms with Crippen molar-refractivity contribution in [2.45, 2.75) is 18.8 Å². The maximum atomic E-state index is 11.9. The van der Waals surface area contributed by atoms with Crippen LogP contribution in [0.5, 0.6) is 5.75 Å². The van der Waals surface area contributed by atoms with Gasteiger partial charge in [0.2, 0.25) is 0 Å². The normalized spacial score (nSPS) is 14.9. The second kappa shape index (κ2) is 4.85. The fourth-order valence-corrected chi connectivity index (χ4v) is 1.36. The number of hydrogen-bond acceptors (Lipinski definition) is 3. The predicted octanol–water partition coefficient (Wildman–Crippen LogP) is 2.10. The van der Waals surface area contributed by atoms with Gasteiger partial charge in [-0.15, -0.1) is 13.2 Å². The Morgan fingerprint density at radius 1 is 1.28 bits per heavy atom. The van der Waals surface area contributed by atoms with Crippen molar-refractivity contribution in [1.82, 2.24) is 5.32 Å². The monoisotopic (exact) mass is 263 g/mol. The maximum Gasteiger partial charge on any atom is 0.573 e. The fourth-order valence-electron chi connectivity index (χ4n) is 1.36. The van der Waals surface area contributed by atoms with Gasteiger partial charge in [-0.1, -0.05) is 12.1 Å². The molecule has 1 aromatic carbocycles. The van der Waals surface area contributed by atoms with Gasteiger partial charge < -0.3 is 15.2 Å². The highest BCUT2D eigenvalue weighted by Gasteiger charge is 2.34. The van der Waals surface area contributed by atoms with E-state index in [1.165, 1.54) is 26.1 Å². The molecule has 1 unspecified atom stereocenters. The minimum atomic E-state index is -4.76. The molecule has 0 bridgehead atoms. The lowest BCUT2D eigenvalue weighted by molar-refractivity contribution is -0.274. The molecule has 18 heavy (non-hydrogen) atoms. The Morgan fingerprint density at radius 3 is 2.11 bits per heavy atom. The summed E-state index contributed by atoms with van der Waals surface area (Å²) in [6.07, 6.45) is -4.76. The standard InChI is InChI=1S/C11H12F3NO3/c1-10(15-2,9(16)17)7-3-5-8(6-4-7)18-11(12,13)14/h3-6,15H,1-2H3,(H,16,17). The molecule has 2 N–H and O–H groups in total. The maximum absolute atomic E-state index is 11.9. The van der Waals surface area contributed by atoms with Crippen molar-refractivity contribution in [3.05, 3.63) is 29.8 Å². The summed E-state index contributed by atoms with van der Waals surface area (Å²) >= 11 is 0. The zero-order chi connectivity index (χ0) is 14.0. The van der Waals surface area contributed by atoms with E-state index in [1.807, 2.05) is 0 Å². The van der Waals surface area contributed by atoms with Crippen molar-refractivity contribution in [2.24, 2.45) is 0 Å². The van der Waals surface area contributed by atoms with E-state index in [4.69, 9.17) is 5.11 Å². The number of halogens is 3. The molecule has 4 nitrogen and oxygen atoms in total. The number of alkyl halides is 3. The third-order valence-electron chi connectivity index (χ3n) is 2.59. The lowest BCUT2D eigenvalue weighted by Gasteiger charge is -2.24. The summed E-state index contributed by atoms with van der Waals surface area (Å²) in [4.78, 5) is 11.1. The summed E-state index contributed by atoms with van der Waals surface area (Å²) in [5.41, 5.74) is -1.04. The van der Waals surface area contributed by atoms with E-state index in [2.05, 4.69) is 10.1 Å². The molecule has 0 fully saturated rings. The molecule has 0 heterocycles. The van der Waals surface area contributed by atoms with Crippen LogP contribution in [0.4, 0.5) is 13.2 Å². The topological polar surface area (TPSA) is 58.6 Å². The molecule has 0 saturated carbocycles. The van der Waals surface area contributed by atoms with Crippen LogP contribution in [0.2, 0.25) is 0 Å². The van der Waals surface area contributed by atoms with Gasteiger partial charge in [-0.05, 0) is 31.7 Å². The molecular weight excluding hydrogens is 251 g/mol. The van der Waals surface area contributed by atoms with Crippen molar-refractivity contribution < 1.29 is 27.8 Å². The number of rotatable bonds is 4. The summed E-state index contributed by atoms with van der Waals surface area (Å²) in [5, 5.41) is 11.7. The highest BCUT2D eigenvalue weighted by atomic mass is 19.4. The van der Waals surface area contributed by atoms with Crippen molar-refractivity contribution >= 4 is 5.97 Å². The van der Waals surface area contributed by atoms with Crippen LogP contribution >= 0.6 is 0 Å². The molecule has 0 aromatic heterocycles. The van der Waals surface area contributed by atoms with E-state index in [0.717, 1.165) is 12.1 Å². The van der Waals surface area contributed by atoms with Crippen LogP contribution in [0.15, 0.2) is 24.3 Å². The number of aliphatic carboxylic acids is 1. The molecule has 0 aliphatic carbocycles. The van der Waals surface area contributed by atoms with Crippen LogP contribution in [0, 0.1) is 0 Å². The number of ether oxygens (including phenoxy) is 1. The molecular formula is C11H12F3NO3. The summed E-state index contributed by atoms with van der Waals surface area (Å²) < 4.78 is 39.5. The van der Waals surface area contributed by atoms with Gasteiger partial charge in [-0.25, -0.2) is 4.79 Å². The van der Waals surface area contributed by atoms with Gasteiger partial charge >= 0.3 is 12.3 Å². The van der Waals surface area contributed by atoms with Crippen molar-refractivity contribution in [3.63, 3.8) is 0 Å². The number of benzene rings is 1. The number of hydrogen-bond donors (Lipinski definition) is 2. The lowest BCUT2D eigenvalue weighted by atomic mass is 9.92. The molecule has 1 atom stereocenters. The first-order chi connectivity index (χ1) is 8.19. The van der Waals surface area contributed by atoms with Gasteiger partial charge in [0.05, 0.1) is 0 Å². The Bertz CT molecular complexity index is 430. The highest BCUT2D eigenvalue weighted by Crippen LogP contribution is 2.26. The van der Waals surface area contributed by atoms with E-state index in [0.29, 0.717) is 5.56 Å². The lowest BCUT2D eigenvalue weighted by Crippen LogP contribution is -2.44. The first-order valence-corrected chi connectivity index (χ1v) is 4.97. The molecule has 7 heteroatoms. The summed E-state index contributed by atoms with van der Waals surface area (Å²) in [6.45, 7) is 1.41. The van der Waals surface area contributed by atoms with Crippen LogP contribution in [0.1, 0.15) is 12.5 Å². The van der Waals surface area contributed by atoms with E-state index < -0.39 is 23.6 Å². The van der Waals surface area contributed by atoms with E-state index in [1.54, 1.807) is 0 Å². The quantitative estimate of drug-likeness (QED) is 0.873. The first kappa shape index (κ1) is 14.3. The number of carbonyl (C=O) groups is 1. The van der Waals surface area contributed by atoms with Crippen LogP contribution in [-0.4, -0.2) is 24.5 Å². The molecule has 100 valence electrons. The largest absolute Gasteiger partial charge is 0.573 e. The Kier molecular flexibility index (Phi) is 3.85. The predicted molar refractivity (Wildman–Crippen MR) is 57.2 cm³/mol. The van der Waals surface area contributed by atoms with Gasteiger partial charge in [-0.3, -0.25) is 0 Å². The first-order valence-electron chi connectivity index (χ1n) is 4.97. The van der Waals surface area contributed by atoms with Crippen LogP contribution in [-0.2, 0) is 10.3 Å². The fraction of sp³-hybridized carbons (Fsp3) is 0.364. The minimum absolute atomic E-state index is 0.326. The molecule has 0 aliphatic rings. The van der Waals surface area contributed by atoms with Crippen LogP contribution in [0.25, 0.3) is 0 Å². The average Bonchev–Trinajstić information content (AvgIpc) is 2.26. The van der Waals surface area contributed by atoms with Gasteiger partial charge in [0.25, 0.3) is 0 Å². The van der Waals surface area contributed by atoms with Crippen LogP contribution < -0.4 is 10.1 Å². The summed E-state index contributed by atoms with van der Waals surface area (Å²) in [5.74, 6) is -1.52. The van der Waals surface area contributed by atoms with Gasteiger partial charge in [0, 0.05) is 0 Å². The second-order valence-corrected chi connectivity index (χ2v) is 3.75. The van der Waals surface area contributed by atoms with Gasteiger partial charge in [-0.2, -0.15) is 0 Å². The molecule has 0 aliphatic heterocycles. The summed E-state index contributed by atoms with van der Waals surface area (Å²) in [6, 6.07) is 4.68. The molecule has 0 saturated heterocycles. The van der Waals surface area contributed by atoms with E-state index in [-0.39, 0.29) is 0 Å². The van der Waals surface area contributed by atoms with Crippen LogP contribution in [0.3, 0.4) is 0 Å². The zero-order valence-corrected chi connectivity index (χ0v) is 9.71. The average molecular weight is 263 g/mol. The SMILES string of the molecule is CNC(C)(C(=O)O)c1ccc(OC(F)(F)F)cc1. The zero-order valence-electron chi connectivity index (χ0n) is 9.71. The third-order valence-corrected chi connectivity index (χ3v) is 2.59. The summed E-state index contributed by atoms with van der Waals surface area (Å²) in [7, 11) is 1.45. The number of carboxylic acids is 1. The van der Waals surface area contributed by atoms with Gasteiger partial charge in [0.1, 0.15) is 11.3 Å². The molecule has 0 spiro atoms. The molecule has 0 radical (unpaired) electrons. The second-order valence-electron chi connectivity index (χ2n) is 3.75. The number of carboxylic acid groups (broad SMARTS) is 1. The smallest absolute Gasteiger partial charge is 0.480 e. The van der Waals surface area contributed by atoms with Crippen molar-refractivity contribution in [3.8, 4) is 5.75 Å². The Labute approximate surface area is 101 Å². The third kappa shape index (κ3) is 3.13. The van der Waals surface area contributed by atoms with E-state index >= 15 is 0 Å². The van der Waals surface area contributed by atoms with Crippen molar-refractivity contribution in [1.29, 1.82) is 0 Å². The molecule has 0 amide bonds. The highest BCUT2D eigenvalue weighted by molar-refractivity contribution is 5.80. The van der Waals surface area contributed by atoms with Gasteiger partial charge in [0.15, 0.2) is 0 Å². The number of likely N-dealkylation sites (N-methyl/N-ethyl adjacent to an activating group) is 1. The molecule has 1 rings (SSSR count). The molecule has 1 aromatic rings. The van der Waals surface area contributed by atoms with Crippen molar-refractivity contribution in [2.75, 3.05) is 7.05 Å². The van der Waals surface area contributed by atoms with E-state index in [9.17, 15) is 18.0 Å². The number of nitrogens with one attached hydrogen (secondary N) is 1. The Balaban J connectivity index is 2.99. The minimum Gasteiger partial charge on any atom is -0.480 e.